The molecule has 196 valence electrons. The lowest BCUT2D eigenvalue weighted by molar-refractivity contribution is -0.120. The molecule has 2 saturated heterocycles. The van der Waals surface area contributed by atoms with E-state index in [1.54, 1.807) is 18.3 Å². The summed E-state index contributed by atoms with van der Waals surface area (Å²) in [5, 5.41) is 0.567. The topological polar surface area (TPSA) is 90.9 Å². The summed E-state index contributed by atoms with van der Waals surface area (Å²) < 4.78 is 13.6. The van der Waals surface area contributed by atoms with Crippen molar-refractivity contribution in [2.75, 3.05) is 36.0 Å². The lowest BCUT2D eigenvalue weighted by Crippen LogP contribution is -2.52. The lowest BCUT2D eigenvalue weighted by Gasteiger charge is -2.43. The summed E-state index contributed by atoms with van der Waals surface area (Å²) in [6.45, 7) is 9.30. The van der Waals surface area contributed by atoms with Crippen LogP contribution in [-0.2, 0) is 4.79 Å². The van der Waals surface area contributed by atoms with Gasteiger partial charge in [-0.25, -0.2) is 14.4 Å². The van der Waals surface area contributed by atoms with E-state index in [4.69, 9.17) is 27.3 Å². The van der Waals surface area contributed by atoms with Crippen molar-refractivity contribution in [2.45, 2.75) is 45.7 Å². The number of halogens is 2. The number of aromatic nitrogens is 2. The van der Waals surface area contributed by atoms with Crippen molar-refractivity contribution in [3.8, 4) is 11.3 Å². The first-order valence-electron chi connectivity index (χ1n) is 12.9. The molecule has 4 atom stereocenters. The minimum atomic E-state index is -0.493. The summed E-state index contributed by atoms with van der Waals surface area (Å²) in [6, 6.07) is 8.92. The van der Waals surface area contributed by atoms with Gasteiger partial charge < -0.3 is 20.4 Å². The third-order valence-electron chi connectivity index (χ3n) is 7.71. The fourth-order valence-electron chi connectivity index (χ4n) is 5.44. The number of allylic oxidation sites excluding steroid dienone is 1. The van der Waals surface area contributed by atoms with Crippen LogP contribution < -0.4 is 15.5 Å². The second-order valence-corrected chi connectivity index (χ2v) is 10.7. The zero-order chi connectivity index (χ0) is 26.3. The van der Waals surface area contributed by atoms with Crippen molar-refractivity contribution >= 4 is 35.5 Å². The summed E-state index contributed by atoms with van der Waals surface area (Å²) in [6.07, 6.45) is 3.84. The minimum absolute atomic E-state index is 0.116. The second kappa shape index (κ2) is 10.3. The number of carbonyl (C=O) groups is 1. The van der Waals surface area contributed by atoms with E-state index in [9.17, 15) is 9.18 Å². The third kappa shape index (κ3) is 5.01. The van der Waals surface area contributed by atoms with Gasteiger partial charge in [-0.2, -0.15) is 4.98 Å². The van der Waals surface area contributed by atoms with Gasteiger partial charge in [-0.1, -0.05) is 18.5 Å². The van der Waals surface area contributed by atoms with Crippen LogP contribution in [0.2, 0.25) is 0 Å². The number of anilines is 2. The van der Waals surface area contributed by atoms with Gasteiger partial charge >= 0.3 is 0 Å². The number of primary amides is 1. The number of amides is 1. The van der Waals surface area contributed by atoms with E-state index < -0.39 is 11.8 Å². The molecule has 10 heteroatoms. The summed E-state index contributed by atoms with van der Waals surface area (Å²) in [4.78, 5) is 32.9. The second-order valence-electron chi connectivity index (χ2n) is 10.3. The standard InChI is InChI=1S/C27H33ClFN7O/c1-16-5-4-10-36(16)27-32-22(19-6-8-20(29)9-7-19)13-23(33-27)35-12-11-34(15-17(35)2)26-24(28)18(3)21(14-31-26)25(30)37/h6-9,13-14,16-18,21H,4-5,10-12,15H2,1-3H3,(H2,30,37)/t16-,17+,18?,21?/m0/s1. The molecule has 5 rings (SSSR count). The first kappa shape index (κ1) is 25.4. The Bertz CT molecular complexity index is 1230. The highest BCUT2D eigenvalue weighted by atomic mass is 35.5. The Hall–Kier alpha value is -3.20. The summed E-state index contributed by atoms with van der Waals surface area (Å²) in [5.74, 6) is 0.883. The number of aliphatic imine (C=N–C) groups is 1. The molecule has 0 saturated carbocycles. The highest BCUT2D eigenvalue weighted by molar-refractivity contribution is 6.30. The highest BCUT2D eigenvalue weighted by Gasteiger charge is 2.34. The zero-order valence-electron chi connectivity index (χ0n) is 21.4. The number of rotatable bonds is 5. The summed E-state index contributed by atoms with van der Waals surface area (Å²) >= 11 is 6.66. The molecular weight excluding hydrogens is 493 g/mol. The number of hydrogen-bond donors (Lipinski definition) is 1. The zero-order valence-corrected chi connectivity index (χ0v) is 22.2. The van der Waals surface area contributed by atoms with E-state index in [1.165, 1.54) is 12.1 Å². The van der Waals surface area contributed by atoms with Crippen molar-refractivity contribution in [3.63, 3.8) is 0 Å². The van der Waals surface area contributed by atoms with Gasteiger partial charge in [0.05, 0.1) is 16.6 Å². The number of nitrogens with zero attached hydrogens (tertiary/aromatic N) is 6. The van der Waals surface area contributed by atoms with Gasteiger partial charge in [0.15, 0.2) is 0 Å². The van der Waals surface area contributed by atoms with Gasteiger partial charge in [0.25, 0.3) is 0 Å². The Morgan fingerprint density at radius 1 is 1.05 bits per heavy atom. The fourth-order valence-corrected chi connectivity index (χ4v) is 5.75. The maximum absolute atomic E-state index is 13.6. The van der Waals surface area contributed by atoms with Crippen LogP contribution in [-0.4, -0.2) is 65.3 Å². The van der Waals surface area contributed by atoms with E-state index in [-0.39, 0.29) is 17.8 Å². The largest absolute Gasteiger partial charge is 0.369 e. The van der Waals surface area contributed by atoms with E-state index in [0.29, 0.717) is 42.5 Å². The molecule has 2 aromatic rings. The number of hydrogen-bond acceptors (Lipinski definition) is 7. The SMILES string of the molecule is CC1C(Cl)=C(N2CCN(c3cc(-c4ccc(F)cc4)nc(N4CCC[C@@H]4C)n3)[C@H](C)C2)N=CC1C(N)=O. The Balaban J connectivity index is 1.42. The Morgan fingerprint density at radius 2 is 1.81 bits per heavy atom. The molecule has 2 N–H and O–H groups in total. The molecule has 2 unspecified atom stereocenters. The molecule has 3 aliphatic heterocycles. The smallest absolute Gasteiger partial charge is 0.228 e. The first-order chi connectivity index (χ1) is 17.7. The average molecular weight is 526 g/mol. The maximum atomic E-state index is 13.6. The molecule has 4 heterocycles. The number of piperazine rings is 1. The molecule has 0 bridgehead atoms. The van der Waals surface area contributed by atoms with Crippen molar-refractivity contribution in [1.29, 1.82) is 0 Å². The molecule has 1 aromatic carbocycles. The molecular formula is C27H33ClFN7O. The highest BCUT2D eigenvalue weighted by Crippen LogP contribution is 2.34. The van der Waals surface area contributed by atoms with E-state index in [2.05, 4.69) is 33.5 Å². The maximum Gasteiger partial charge on any atom is 0.228 e. The van der Waals surface area contributed by atoms with Gasteiger partial charge in [-0.05, 0) is 51.0 Å². The van der Waals surface area contributed by atoms with Crippen molar-refractivity contribution < 1.29 is 9.18 Å². The monoisotopic (exact) mass is 525 g/mol. The normalized spacial score (nSPS) is 26.2. The Kier molecular flexibility index (Phi) is 7.07. The van der Waals surface area contributed by atoms with Crippen LogP contribution in [0.4, 0.5) is 16.2 Å². The number of nitrogens with two attached hydrogens (primary N) is 1. The molecule has 0 aliphatic carbocycles. The van der Waals surface area contributed by atoms with Crippen molar-refractivity contribution in [1.82, 2.24) is 14.9 Å². The minimum Gasteiger partial charge on any atom is -0.369 e. The molecule has 1 aromatic heterocycles. The predicted octanol–water partition coefficient (Wildman–Crippen LogP) is 4.01. The van der Waals surface area contributed by atoms with E-state index in [1.807, 2.05) is 13.0 Å². The molecule has 3 aliphatic rings. The molecule has 1 amide bonds. The van der Waals surface area contributed by atoms with Gasteiger partial charge in [0.1, 0.15) is 17.5 Å². The van der Waals surface area contributed by atoms with E-state index >= 15 is 0 Å². The van der Waals surface area contributed by atoms with Crippen LogP contribution in [0, 0.1) is 17.7 Å². The number of carbonyl (C=O) groups excluding carboxylic acids is 1. The third-order valence-corrected chi connectivity index (χ3v) is 8.22. The van der Waals surface area contributed by atoms with Crippen LogP contribution in [0.1, 0.15) is 33.6 Å². The quantitative estimate of drug-likeness (QED) is 0.634. The fraction of sp³-hybridized carbons (Fsp3) is 0.481. The molecule has 0 radical (unpaired) electrons. The van der Waals surface area contributed by atoms with Crippen LogP contribution in [0.3, 0.4) is 0 Å². The molecule has 2 fully saturated rings. The Labute approximate surface area is 222 Å². The summed E-state index contributed by atoms with van der Waals surface area (Å²) in [7, 11) is 0. The van der Waals surface area contributed by atoms with Gasteiger partial charge in [0.2, 0.25) is 11.9 Å². The van der Waals surface area contributed by atoms with Crippen LogP contribution >= 0.6 is 11.6 Å². The molecule has 0 spiro atoms. The molecule has 37 heavy (non-hydrogen) atoms. The van der Waals surface area contributed by atoms with Crippen molar-refractivity contribution in [3.05, 3.63) is 47.0 Å². The van der Waals surface area contributed by atoms with Crippen LogP contribution in [0.5, 0.6) is 0 Å². The van der Waals surface area contributed by atoms with Crippen molar-refractivity contribution in [2.24, 2.45) is 22.6 Å². The number of benzene rings is 1. The first-order valence-corrected chi connectivity index (χ1v) is 13.3. The molecule has 8 nitrogen and oxygen atoms in total. The van der Waals surface area contributed by atoms with E-state index in [0.717, 1.165) is 36.5 Å². The van der Waals surface area contributed by atoms with Gasteiger partial charge in [0, 0.05) is 62.0 Å². The van der Waals surface area contributed by atoms with Gasteiger partial charge in [-0.15, -0.1) is 0 Å². The lowest BCUT2D eigenvalue weighted by atomic mass is 9.92. The predicted molar refractivity (Wildman–Crippen MR) is 145 cm³/mol. The summed E-state index contributed by atoms with van der Waals surface area (Å²) in [5.41, 5.74) is 7.15. The van der Waals surface area contributed by atoms with Crippen LogP contribution in [0.15, 0.2) is 46.2 Å². The average Bonchev–Trinajstić information content (AvgIpc) is 3.31. The van der Waals surface area contributed by atoms with Crippen LogP contribution in [0.25, 0.3) is 11.3 Å². The Morgan fingerprint density at radius 3 is 2.46 bits per heavy atom. The van der Waals surface area contributed by atoms with Gasteiger partial charge in [-0.3, -0.25) is 4.79 Å².